The minimum atomic E-state index is -4.25. The average Bonchev–Trinajstić information content (AvgIpc) is 2.61. The third kappa shape index (κ3) is 13.3. The molecular formula is C21H35F4NO. The second-order valence-electron chi connectivity index (χ2n) is 6.09. The Hall–Kier alpha value is -1.56. The number of allylic oxidation sites excluding steroid dienone is 5. The summed E-state index contributed by atoms with van der Waals surface area (Å²) in [7, 11) is 1.46. The standard InChI is InChI=1S/C19H29F4NO.C2H6/c1-6-7-16(15(4)10-12-19(20,21)22)17(9-8-14(2)3)18(25-5)11-13-24-23;1-2/h7,9-11,14,24H,6,8,12-13H2,1-5H3;1-2H3/b15-10-,16-7+,17-9-,18-11+;. The molecule has 0 heterocycles. The van der Waals surface area contributed by atoms with Crippen LogP contribution >= 0.6 is 0 Å². The van der Waals surface area contributed by atoms with Crippen molar-refractivity contribution < 1.29 is 22.4 Å². The van der Waals surface area contributed by atoms with Crippen LogP contribution in [0.1, 0.15) is 60.8 Å². The molecule has 0 saturated carbocycles. The molecular weight excluding hydrogens is 358 g/mol. The largest absolute Gasteiger partial charge is 0.496 e. The van der Waals surface area contributed by atoms with Gasteiger partial charge in [0, 0.05) is 12.1 Å². The van der Waals surface area contributed by atoms with Crippen molar-refractivity contribution in [2.45, 2.75) is 67.0 Å². The van der Waals surface area contributed by atoms with Gasteiger partial charge in [0.2, 0.25) is 0 Å². The predicted molar refractivity (Wildman–Crippen MR) is 106 cm³/mol. The van der Waals surface area contributed by atoms with Crippen LogP contribution in [0.3, 0.4) is 0 Å². The summed E-state index contributed by atoms with van der Waals surface area (Å²) >= 11 is 0. The zero-order valence-corrected chi connectivity index (χ0v) is 17.6. The van der Waals surface area contributed by atoms with Gasteiger partial charge < -0.3 is 4.74 Å². The van der Waals surface area contributed by atoms with Gasteiger partial charge in [-0.25, -0.2) is 0 Å². The fraction of sp³-hybridized carbons (Fsp3) is 0.619. The van der Waals surface area contributed by atoms with Gasteiger partial charge in [0.25, 0.3) is 0 Å². The molecule has 0 bridgehead atoms. The number of methoxy groups -OCH3 is 1. The van der Waals surface area contributed by atoms with Gasteiger partial charge in [0.1, 0.15) is 5.76 Å². The second kappa shape index (κ2) is 15.5. The van der Waals surface area contributed by atoms with Gasteiger partial charge in [0.05, 0.1) is 13.5 Å². The zero-order chi connectivity index (χ0) is 21.5. The lowest BCUT2D eigenvalue weighted by atomic mass is 9.93. The van der Waals surface area contributed by atoms with Gasteiger partial charge in [-0.3, -0.25) is 0 Å². The summed E-state index contributed by atoms with van der Waals surface area (Å²) in [4.78, 5) is 0. The van der Waals surface area contributed by atoms with E-state index in [1.807, 2.05) is 46.8 Å². The molecule has 0 aromatic heterocycles. The van der Waals surface area contributed by atoms with Crippen molar-refractivity contribution in [2.75, 3.05) is 13.7 Å². The molecule has 0 spiro atoms. The molecule has 0 amide bonds. The van der Waals surface area contributed by atoms with Crippen LogP contribution in [0.5, 0.6) is 0 Å². The Morgan fingerprint density at radius 2 is 1.63 bits per heavy atom. The van der Waals surface area contributed by atoms with Crippen molar-refractivity contribution in [2.24, 2.45) is 5.92 Å². The minimum absolute atomic E-state index is 0.0487. The van der Waals surface area contributed by atoms with Crippen molar-refractivity contribution in [3.05, 3.63) is 46.8 Å². The maximum absolute atomic E-state index is 12.5. The number of ether oxygens (including phenoxy) is 1. The number of hydrogen-bond acceptors (Lipinski definition) is 2. The molecule has 0 saturated heterocycles. The van der Waals surface area contributed by atoms with E-state index in [9.17, 15) is 17.7 Å². The lowest BCUT2D eigenvalue weighted by Crippen LogP contribution is -2.07. The monoisotopic (exact) mass is 393 g/mol. The van der Waals surface area contributed by atoms with E-state index in [1.165, 1.54) is 24.8 Å². The molecule has 0 atom stereocenters. The van der Waals surface area contributed by atoms with E-state index in [-0.39, 0.29) is 6.54 Å². The van der Waals surface area contributed by atoms with E-state index in [2.05, 4.69) is 0 Å². The second-order valence-corrected chi connectivity index (χ2v) is 6.09. The number of rotatable bonds is 10. The maximum Gasteiger partial charge on any atom is 0.392 e. The summed E-state index contributed by atoms with van der Waals surface area (Å²) < 4.78 is 55.3. The lowest BCUT2D eigenvalue weighted by molar-refractivity contribution is -0.125. The summed E-state index contributed by atoms with van der Waals surface area (Å²) in [5.74, 6) is 0.806. The van der Waals surface area contributed by atoms with Crippen LogP contribution in [0, 0.1) is 5.92 Å². The quantitative estimate of drug-likeness (QED) is 0.183. The molecule has 158 valence electrons. The van der Waals surface area contributed by atoms with E-state index >= 15 is 0 Å². The molecule has 2 nitrogen and oxygen atoms in total. The molecule has 0 aliphatic carbocycles. The van der Waals surface area contributed by atoms with E-state index in [1.54, 1.807) is 6.92 Å². The zero-order valence-electron chi connectivity index (χ0n) is 17.6. The first-order valence-corrected chi connectivity index (χ1v) is 9.38. The molecule has 0 unspecified atom stereocenters. The van der Waals surface area contributed by atoms with Gasteiger partial charge in [-0.15, -0.1) is 4.48 Å². The van der Waals surface area contributed by atoms with Gasteiger partial charge in [-0.05, 0) is 42.9 Å². The molecule has 0 radical (unpaired) electrons. The van der Waals surface area contributed by atoms with Gasteiger partial charge >= 0.3 is 6.18 Å². The highest BCUT2D eigenvalue weighted by atomic mass is 19.4. The van der Waals surface area contributed by atoms with Crippen LogP contribution < -0.4 is 5.54 Å². The van der Waals surface area contributed by atoms with Crippen molar-refractivity contribution in [1.82, 2.24) is 5.54 Å². The van der Waals surface area contributed by atoms with E-state index in [4.69, 9.17) is 4.74 Å². The topological polar surface area (TPSA) is 21.3 Å². The molecule has 27 heavy (non-hydrogen) atoms. The van der Waals surface area contributed by atoms with E-state index in [0.29, 0.717) is 34.8 Å². The van der Waals surface area contributed by atoms with E-state index in [0.717, 1.165) is 6.42 Å². The fourth-order valence-corrected chi connectivity index (χ4v) is 2.20. The molecule has 0 aliphatic rings. The summed E-state index contributed by atoms with van der Waals surface area (Å²) in [5.41, 5.74) is 3.41. The molecule has 1 N–H and O–H groups in total. The summed E-state index contributed by atoms with van der Waals surface area (Å²) in [6, 6.07) is 0. The molecule has 0 aliphatic heterocycles. The highest BCUT2D eigenvalue weighted by Crippen LogP contribution is 2.30. The van der Waals surface area contributed by atoms with Gasteiger partial charge in [0.15, 0.2) is 0 Å². The van der Waals surface area contributed by atoms with Crippen LogP contribution in [0.25, 0.3) is 0 Å². The fourth-order valence-electron chi connectivity index (χ4n) is 2.20. The van der Waals surface area contributed by atoms with Crippen LogP contribution in [0.4, 0.5) is 17.7 Å². The molecule has 0 rings (SSSR count). The van der Waals surface area contributed by atoms with Crippen LogP contribution in [-0.4, -0.2) is 19.8 Å². The smallest absolute Gasteiger partial charge is 0.392 e. The Bertz CT molecular complexity index is 515. The van der Waals surface area contributed by atoms with Gasteiger partial charge in [-0.2, -0.15) is 18.7 Å². The number of hydrogen-bond donors (Lipinski definition) is 1. The van der Waals surface area contributed by atoms with Crippen LogP contribution in [-0.2, 0) is 4.74 Å². The molecule has 6 heteroatoms. The Kier molecular flexibility index (Phi) is 15.9. The van der Waals surface area contributed by atoms with E-state index < -0.39 is 12.6 Å². The first-order valence-electron chi connectivity index (χ1n) is 9.38. The normalized spacial score (nSPS) is 14.2. The van der Waals surface area contributed by atoms with Crippen molar-refractivity contribution in [1.29, 1.82) is 0 Å². The number of nitrogens with one attached hydrogen (secondary N) is 1. The molecule has 0 fully saturated rings. The summed E-state index contributed by atoms with van der Waals surface area (Å²) in [6.45, 7) is 11.6. The Morgan fingerprint density at radius 1 is 1.04 bits per heavy atom. The minimum Gasteiger partial charge on any atom is -0.496 e. The van der Waals surface area contributed by atoms with Crippen molar-refractivity contribution in [3.8, 4) is 0 Å². The Balaban J connectivity index is 0. The predicted octanol–water partition coefficient (Wildman–Crippen LogP) is 7.22. The Morgan fingerprint density at radius 3 is 2.04 bits per heavy atom. The summed E-state index contributed by atoms with van der Waals surface area (Å²) in [6.07, 6.45) is 2.65. The highest BCUT2D eigenvalue weighted by Gasteiger charge is 2.25. The maximum atomic E-state index is 12.5. The number of halogens is 4. The van der Waals surface area contributed by atoms with Crippen molar-refractivity contribution >= 4 is 0 Å². The first kappa shape index (κ1) is 27.7. The number of alkyl halides is 3. The highest BCUT2D eigenvalue weighted by molar-refractivity contribution is 5.53. The van der Waals surface area contributed by atoms with Crippen LogP contribution in [0.2, 0.25) is 0 Å². The Labute approximate surface area is 162 Å². The first-order chi connectivity index (χ1) is 12.7. The lowest BCUT2D eigenvalue weighted by Gasteiger charge is -2.17. The van der Waals surface area contributed by atoms with Crippen molar-refractivity contribution in [3.63, 3.8) is 0 Å². The third-order valence-corrected chi connectivity index (χ3v) is 3.41. The van der Waals surface area contributed by atoms with Crippen LogP contribution in [0.15, 0.2) is 46.8 Å². The SMILES string of the molecule is CC.CC/C=C(C(\C)=C/CC(F)(F)F)/C(=C/CC(C)C)C(=C\CNF)/OC. The van der Waals surface area contributed by atoms with Gasteiger partial charge in [-0.1, -0.05) is 52.8 Å². The molecule has 0 aromatic rings. The third-order valence-electron chi connectivity index (χ3n) is 3.41. The summed E-state index contributed by atoms with van der Waals surface area (Å²) in [5, 5.41) is 0. The average molecular weight is 394 g/mol. The molecule has 0 aromatic carbocycles.